The Kier molecular flexibility index (Phi) is 7.82. The summed E-state index contributed by atoms with van der Waals surface area (Å²) in [7, 11) is 0. The van der Waals surface area contributed by atoms with Gasteiger partial charge in [-0.3, -0.25) is 9.59 Å². The Hall–Kier alpha value is -2.66. The molecule has 5 nitrogen and oxygen atoms in total. The Morgan fingerprint density at radius 2 is 1.69 bits per heavy atom. The molecule has 0 atom stereocenters. The zero-order chi connectivity index (χ0) is 20.5. The van der Waals surface area contributed by atoms with Gasteiger partial charge in [-0.05, 0) is 62.7 Å². The van der Waals surface area contributed by atoms with Crippen molar-refractivity contribution < 1.29 is 19.1 Å². The number of rotatable bonds is 9. The topological polar surface area (TPSA) is 55.8 Å². The first-order chi connectivity index (χ1) is 14.2. The first-order valence-corrected chi connectivity index (χ1v) is 10.3. The highest BCUT2D eigenvalue weighted by Crippen LogP contribution is 2.20. The van der Waals surface area contributed by atoms with E-state index in [1.165, 1.54) is 0 Å². The van der Waals surface area contributed by atoms with Crippen LogP contribution in [0.4, 0.5) is 0 Å². The predicted octanol–water partition coefficient (Wildman–Crippen LogP) is 4.11. The Balaban J connectivity index is 1.40. The number of ether oxygens (including phenoxy) is 2. The van der Waals surface area contributed by atoms with Gasteiger partial charge < -0.3 is 14.4 Å². The van der Waals surface area contributed by atoms with Gasteiger partial charge in [-0.2, -0.15) is 0 Å². The van der Waals surface area contributed by atoms with Crippen LogP contribution < -0.4 is 4.74 Å². The molecule has 1 aliphatic rings. The van der Waals surface area contributed by atoms with Crippen molar-refractivity contribution >= 4 is 11.8 Å². The fourth-order valence-corrected chi connectivity index (χ4v) is 3.53. The van der Waals surface area contributed by atoms with Crippen LogP contribution in [0.5, 0.6) is 5.75 Å². The number of hydrogen-bond donors (Lipinski definition) is 0. The third kappa shape index (κ3) is 6.43. The summed E-state index contributed by atoms with van der Waals surface area (Å²) < 4.78 is 10.9. The highest BCUT2D eigenvalue weighted by Gasteiger charge is 2.26. The second-order valence-electron chi connectivity index (χ2n) is 7.34. The smallest absolute Gasteiger partial charge is 0.309 e. The number of Topliss-reactive ketones (excluding diaryl/α,β-unsaturated/α-hetero) is 1. The number of likely N-dealkylation sites (tertiary alicyclic amines) is 1. The lowest BCUT2D eigenvalue weighted by Gasteiger charge is -2.30. The molecule has 0 spiro atoms. The number of ketones is 1. The standard InChI is InChI=1S/C24H29NO4/c1-2-28-24(27)21-12-15-25(16-13-21)17-14-23(26)20-8-10-22(11-9-20)29-18-19-6-4-3-5-7-19/h3-11,21H,2,12-18H2,1H3. The van der Waals surface area contributed by atoms with E-state index < -0.39 is 0 Å². The molecule has 1 heterocycles. The van der Waals surface area contributed by atoms with Gasteiger partial charge in [0, 0.05) is 18.5 Å². The molecule has 0 saturated carbocycles. The molecule has 0 aliphatic carbocycles. The quantitative estimate of drug-likeness (QED) is 0.472. The monoisotopic (exact) mass is 395 g/mol. The average molecular weight is 395 g/mol. The lowest BCUT2D eigenvalue weighted by atomic mass is 9.96. The number of esters is 1. The second kappa shape index (κ2) is 10.8. The summed E-state index contributed by atoms with van der Waals surface area (Å²) in [5, 5.41) is 0. The van der Waals surface area contributed by atoms with E-state index in [4.69, 9.17) is 9.47 Å². The maximum Gasteiger partial charge on any atom is 0.309 e. The molecular formula is C24H29NO4. The molecule has 5 heteroatoms. The van der Waals surface area contributed by atoms with E-state index in [9.17, 15) is 9.59 Å². The second-order valence-corrected chi connectivity index (χ2v) is 7.34. The molecule has 2 aromatic rings. The summed E-state index contributed by atoms with van der Waals surface area (Å²) in [6.45, 7) is 5.17. The molecule has 2 aromatic carbocycles. The average Bonchev–Trinajstić information content (AvgIpc) is 2.77. The minimum atomic E-state index is -0.0854. The van der Waals surface area contributed by atoms with Crippen LogP contribution in [0.1, 0.15) is 42.1 Å². The SMILES string of the molecule is CCOC(=O)C1CCN(CCC(=O)c2ccc(OCc3ccccc3)cc2)CC1. The van der Waals surface area contributed by atoms with Crippen LogP contribution in [-0.2, 0) is 16.1 Å². The molecule has 1 saturated heterocycles. The lowest BCUT2D eigenvalue weighted by molar-refractivity contribution is -0.149. The van der Waals surface area contributed by atoms with Gasteiger partial charge in [0.2, 0.25) is 0 Å². The van der Waals surface area contributed by atoms with Gasteiger partial charge in [-0.25, -0.2) is 0 Å². The highest BCUT2D eigenvalue weighted by molar-refractivity contribution is 5.96. The molecule has 0 unspecified atom stereocenters. The van der Waals surface area contributed by atoms with E-state index in [1.54, 1.807) is 0 Å². The predicted molar refractivity (Wildman–Crippen MR) is 112 cm³/mol. The van der Waals surface area contributed by atoms with Gasteiger partial charge in [0.05, 0.1) is 12.5 Å². The molecule has 3 rings (SSSR count). The number of nitrogens with zero attached hydrogens (tertiary/aromatic N) is 1. The van der Waals surface area contributed by atoms with Crippen LogP contribution in [0.2, 0.25) is 0 Å². The number of piperidine rings is 1. The van der Waals surface area contributed by atoms with Crippen LogP contribution in [0.25, 0.3) is 0 Å². The molecule has 0 aromatic heterocycles. The number of carbonyl (C=O) groups excluding carboxylic acids is 2. The van der Waals surface area contributed by atoms with Crippen molar-refractivity contribution in [2.24, 2.45) is 5.92 Å². The van der Waals surface area contributed by atoms with Crippen LogP contribution in [0.3, 0.4) is 0 Å². The number of benzene rings is 2. The van der Waals surface area contributed by atoms with Crippen molar-refractivity contribution in [1.29, 1.82) is 0 Å². The van der Waals surface area contributed by atoms with Gasteiger partial charge in [-0.1, -0.05) is 30.3 Å². The largest absolute Gasteiger partial charge is 0.489 e. The fourth-order valence-electron chi connectivity index (χ4n) is 3.53. The van der Waals surface area contributed by atoms with E-state index in [0.717, 1.165) is 43.8 Å². The number of hydrogen-bond acceptors (Lipinski definition) is 5. The van der Waals surface area contributed by atoms with Crippen LogP contribution in [0.15, 0.2) is 54.6 Å². The summed E-state index contributed by atoms with van der Waals surface area (Å²) in [5.41, 5.74) is 1.82. The summed E-state index contributed by atoms with van der Waals surface area (Å²) in [6, 6.07) is 17.3. The molecular weight excluding hydrogens is 366 g/mol. The van der Waals surface area contributed by atoms with Crippen molar-refractivity contribution in [3.05, 3.63) is 65.7 Å². The van der Waals surface area contributed by atoms with Crippen LogP contribution in [-0.4, -0.2) is 42.9 Å². The zero-order valence-corrected chi connectivity index (χ0v) is 17.0. The minimum Gasteiger partial charge on any atom is -0.489 e. The normalized spacial score (nSPS) is 15.1. The first-order valence-electron chi connectivity index (χ1n) is 10.3. The molecule has 0 bridgehead atoms. The maximum atomic E-state index is 12.5. The van der Waals surface area contributed by atoms with Gasteiger partial charge in [0.15, 0.2) is 5.78 Å². The Labute approximate surface area is 172 Å². The van der Waals surface area contributed by atoms with E-state index in [2.05, 4.69) is 4.90 Å². The van der Waals surface area contributed by atoms with E-state index in [1.807, 2.05) is 61.5 Å². The van der Waals surface area contributed by atoms with Gasteiger partial charge in [0.25, 0.3) is 0 Å². The van der Waals surface area contributed by atoms with Gasteiger partial charge in [0.1, 0.15) is 12.4 Å². The van der Waals surface area contributed by atoms with Crippen LogP contribution in [0, 0.1) is 5.92 Å². The molecule has 0 N–H and O–H groups in total. The van der Waals surface area contributed by atoms with E-state index in [0.29, 0.717) is 25.2 Å². The van der Waals surface area contributed by atoms with Crippen molar-refractivity contribution in [3.8, 4) is 5.75 Å². The summed E-state index contributed by atoms with van der Waals surface area (Å²) in [4.78, 5) is 26.6. The molecule has 154 valence electrons. The highest BCUT2D eigenvalue weighted by atomic mass is 16.5. The molecule has 0 amide bonds. The van der Waals surface area contributed by atoms with Gasteiger partial charge >= 0.3 is 5.97 Å². The summed E-state index contributed by atoms with van der Waals surface area (Å²) >= 11 is 0. The lowest BCUT2D eigenvalue weighted by Crippen LogP contribution is -2.38. The molecule has 0 radical (unpaired) electrons. The summed E-state index contributed by atoms with van der Waals surface area (Å²) in [6.07, 6.45) is 2.09. The minimum absolute atomic E-state index is 0.00494. The van der Waals surface area contributed by atoms with Crippen LogP contribution >= 0.6 is 0 Å². The fraction of sp³-hybridized carbons (Fsp3) is 0.417. The van der Waals surface area contributed by atoms with Crippen molar-refractivity contribution in [1.82, 2.24) is 4.90 Å². The third-order valence-corrected chi connectivity index (χ3v) is 5.29. The van der Waals surface area contributed by atoms with E-state index >= 15 is 0 Å². The number of carbonyl (C=O) groups is 2. The molecule has 1 fully saturated rings. The maximum absolute atomic E-state index is 12.5. The Morgan fingerprint density at radius 1 is 1.00 bits per heavy atom. The van der Waals surface area contributed by atoms with Crippen molar-refractivity contribution in [2.75, 3.05) is 26.2 Å². The van der Waals surface area contributed by atoms with Crippen molar-refractivity contribution in [2.45, 2.75) is 32.8 Å². The molecule has 1 aliphatic heterocycles. The van der Waals surface area contributed by atoms with Gasteiger partial charge in [-0.15, -0.1) is 0 Å². The van der Waals surface area contributed by atoms with E-state index in [-0.39, 0.29) is 17.7 Å². The Morgan fingerprint density at radius 3 is 2.34 bits per heavy atom. The van der Waals surface area contributed by atoms with Crippen molar-refractivity contribution in [3.63, 3.8) is 0 Å². The zero-order valence-electron chi connectivity index (χ0n) is 17.0. The molecule has 29 heavy (non-hydrogen) atoms. The Bertz CT molecular complexity index is 780. The first kappa shape index (κ1) is 21.1. The third-order valence-electron chi connectivity index (χ3n) is 5.29. The summed E-state index contributed by atoms with van der Waals surface area (Å²) in [5.74, 6) is 0.807.